The Balaban J connectivity index is 1.76. The van der Waals surface area contributed by atoms with E-state index in [-0.39, 0.29) is 11.7 Å². The molecule has 0 spiro atoms. The number of phenolic OH excluding ortho intramolecular Hbond substituents is 1. The molecule has 1 aliphatic carbocycles. The first-order chi connectivity index (χ1) is 10.3. The molecule has 1 aromatic heterocycles. The molecule has 0 saturated carbocycles. The van der Waals surface area contributed by atoms with E-state index in [0.717, 1.165) is 36.8 Å². The van der Waals surface area contributed by atoms with Crippen LogP contribution in [-0.2, 0) is 19.4 Å². The maximum Gasteiger partial charge on any atom is 0.255 e. The molecule has 1 aliphatic rings. The fourth-order valence-electron chi connectivity index (χ4n) is 2.77. The molecule has 0 unspecified atom stereocenters. The van der Waals surface area contributed by atoms with Gasteiger partial charge in [0.15, 0.2) is 0 Å². The van der Waals surface area contributed by atoms with Crippen molar-refractivity contribution in [3.05, 3.63) is 58.9 Å². The second kappa shape index (κ2) is 5.95. The van der Waals surface area contributed by atoms with Gasteiger partial charge in [-0.3, -0.25) is 9.78 Å². The van der Waals surface area contributed by atoms with Crippen molar-refractivity contribution in [3.8, 4) is 5.75 Å². The lowest BCUT2D eigenvalue weighted by molar-refractivity contribution is 0.0948. The number of rotatable bonds is 3. The Morgan fingerprint density at radius 2 is 1.90 bits per heavy atom. The number of phenols is 1. The first-order valence-corrected chi connectivity index (χ1v) is 7.26. The Hall–Kier alpha value is -2.36. The van der Waals surface area contributed by atoms with Gasteiger partial charge in [0.25, 0.3) is 5.91 Å². The predicted octanol–water partition coefficient (Wildman–Crippen LogP) is 2.60. The topological polar surface area (TPSA) is 62.2 Å². The minimum absolute atomic E-state index is 0.152. The number of hydrogen-bond donors (Lipinski definition) is 2. The van der Waals surface area contributed by atoms with Crippen LogP contribution < -0.4 is 5.32 Å². The highest BCUT2D eigenvalue weighted by atomic mass is 16.3. The smallest absolute Gasteiger partial charge is 0.255 e. The predicted molar refractivity (Wildman–Crippen MR) is 80.2 cm³/mol. The number of amides is 1. The van der Waals surface area contributed by atoms with E-state index in [4.69, 9.17) is 0 Å². The van der Waals surface area contributed by atoms with Gasteiger partial charge in [-0.25, -0.2) is 0 Å². The standard InChI is InChI=1S/C17H18N2O2/c20-16-14-4-2-1-3-13(14)5-6-15(16)17(21)19-11-12-7-9-18-10-8-12/h5-10,20H,1-4,11H2,(H,19,21). The Morgan fingerprint density at radius 1 is 1.14 bits per heavy atom. The number of hydrogen-bond acceptors (Lipinski definition) is 3. The van der Waals surface area contributed by atoms with Crippen LogP contribution in [0, 0.1) is 0 Å². The van der Waals surface area contributed by atoms with E-state index in [2.05, 4.69) is 10.3 Å². The Kier molecular flexibility index (Phi) is 3.86. The largest absolute Gasteiger partial charge is 0.507 e. The van der Waals surface area contributed by atoms with E-state index in [1.807, 2.05) is 18.2 Å². The van der Waals surface area contributed by atoms with Crippen LogP contribution >= 0.6 is 0 Å². The van der Waals surface area contributed by atoms with E-state index in [1.165, 1.54) is 5.56 Å². The summed E-state index contributed by atoms with van der Waals surface area (Å²) in [5.41, 5.74) is 3.46. The van der Waals surface area contributed by atoms with Crippen LogP contribution in [0.25, 0.3) is 0 Å². The molecular weight excluding hydrogens is 264 g/mol. The average Bonchev–Trinajstić information content (AvgIpc) is 2.54. The van der Waals surface area contributed by atoms with Crippen LogP contribution in [0.1, 0.15) is 39.9 Å². The maximum atomic E-state index is 12.2. The van der Waals surface area contributed by atoms with Gasteiger partial charge in [-0.2, -0.15) is 0 Å². The van der Waals surface area contributed by atoms with Crippen LogP contribution in [0.4, 0.5) is 0 Å². The number of nitrogens with one attached hydrogen (secondary N) is 1. The summed E-state index contributed by atoms with van der Waals surface area (Å²) in [6.45, 7) is 0.428. The number of aryl methyl sites for hydroxylation is 1. The van der Waals surface area contributed by atoms with Crippen LogP contribution in [-0.4, -0.2) is 16.0 Å². The van der Waals surface area contributed by atoms with Gasteiger partial charge in [0, 0.05) is 18.9 Å². The molecule has 1 aromatic carbocycles. The molecule has 108 valence electrons. The number of pyridine rings is 1. The highest BCUT2D eigenvalue weighted by Crippen LogP contribution is 2.31. The summed E-state index contributed by atoms with van der Waals surface area (Å²) in [6, 6.07) is 7.40. The van der Waals surface area contributed by atoms with Crippen LogP contribution in [0.3, 0.4) is 0 Å². The van der Waals surface area contributed by atoms with Crippen molar-refractivity contribution < 1.29 is 9.90 Å². The maximum absolute atomic E-state index is 12.2. The van der Waals surface area contributed by atoms with E-state index < -0.39 is 0 Å². The summed E-state index contributed by atoms with van der Waals surface area (Å²) in [5.74, 6) is -0.0860. The highest BCUT2D eigenvalue weighted by Gasteiger charge is 2.19. The fourth-order valence-corrected chi connectivity index (χ4v) is 2.77. The van der Waals surface area contributed by atoms with Gasteiger partial charge in [0.2, 0.25) is 0 Å². The fraction of sp³-hybridized carbons (Fsp3) is 0.294. The third kappa shape index (κ3) is 2.89. The molecule has 0 radical (unpaired) electrons. The molecule has 4 heteroatoms. The van der Waals surface area contributed by atoms with Crippen molar-refractivity contribution >= 4 is 5.91 Å². The quantitative estimate of drug-likeness (QED) is 0.909. The van der Waals surface area contributed by atoms with Gasteiger partial charge >= 0.3 is 0 Å². The van der Waals surface area contributed by atoms with E-state index in [1.54, 1.807) is 18.5 Å². The van der Waals surface area contributed by atoms with Crippen molar-refractivity contribution in [3.63, 3.8) is 0 Å². The van der Waals surface area contributed by atoms with Crippen molar-refractivity contribution in [1.29, 1.82) is 0 Å². The number of carbonyl (C=O) groups is 1. The number of nitrogens with zero attached hydrogens (tertiary/aromatic N) is 1. The van der Waals surface area contributed by atoms with Gasteiger partial charge < -0.3 is 10.4 Å². The minimum Gasteiger partial charge on any atom is -0.507 e. The Labute approximate surface area is 123 Å². The normalized spacial score (nSPS) is 13.5. The Morgan fingerprint density at radius 3 is 2.71 bits per heavy atom. The van der Waals surface area contributed by atoms with Gasteiger partial charge in [0.1, 0.15) is 5.75 Å². The molecule has 2 N–H and O–H groups in total. The lowest BCUT2D eigenvalue weighted by atomic mass is 9.89. The lowest BCUT2D eigenvalue weighted by Crippen LogP contribution is -2.23. The van der Waals surface area contributed by atoms with Gasteiger partial charge in [-0.15, -0.1) is 0 Å². The monoisotopic (exact) mass is 282 g/mol. The molecule has 1 heterocycles. The second-order valence-corrected chi connectivity index (χ2v) is 5.34. The SMILES string of the molecule is O=C(NCc1ccncc1)c1ccc2c(c1O)CCCC2. The summed E-state index contributed by atoms with van der Waals surface area (Å²) in [4.78, 5) is 16.2. The molecule has 0 atom stereocenters. The van der Waals surface area contributed by atoms with Crippen molar-refractivity contribution in [2.24, 2.45) is 0 Å². The van der Waals surface area contributed by atoms with Crippen molar-refractivity contribution in [1.82, 2.24) is 10.3 Å². The molecule has 21 heavy (non-hydrogen) atoms. The first kappa shape index (κ1) is 13.6. The second-order valence-electron chi connectivity index (χ2n) is 5.34. The van der Waals surface area contributed by atoms with Gasteiger partial charge in [0.05, 0.1) is 5.56 Å². The average molecular weight is 282 g/mol. The van der Waals surface area contributed by atoms with Gasteiger partial charge in [-0.05, 0) is 60.6 Å². The summed E-state index contributed by atoms with van der Waals surface area (Å²) < 4.78 is 0. The summed E-state index contributed by atoms with van der Waals surface area (Å²) in [7, 11) is 0. The third-order valence-corrected chi connectivity index (χ3v) is 3.95. The molecule has 0 bridgehead atoms. The van der Waals surface area contributed by atoms with Crippen molar-refractivity contribution in [2.75, 3.05) is 0 Å². The molecule has 0 fully saturated rings. The van der Waals surface area contributed by atoms with Crippen LogP contribution in [0.5, 0.6) is 5.75 Å². The number of aromatic hydroxyl groups is 1. The van der Waals surface area contributed by atoms with E-state index in [9.17, 15) is 9.90 Å². The molecule has 0 aliphatic heterocycles. The van der Waals surface area contributed by atoms with E-state index >= 15 is 0 Å². The zero-order chi connectivity index (χ0) is 14.7. The summed E-state index contributed by atoms with van der Waals surface area (Å²) in [6.07, 6.45) is 7.45. The molecular formula is C17H18N2O2. The molecule has 2 aromatic rings. The third-order valence-electron chi connectivity index (χ3n) is 3.95. The summed E-state index contributed by atoms with van der Waals surface area (Å²) >= 11 is 0. The van der Waals surface area contributed by atoms with Gasteiger partial charge in [-0.1, -0.05) is 6.07 Å². The highest BCUT2D eigenvalue weighted by molar-refractivity contribution is 5.97. The number of carbonyl (C=O) groups excluding carboxylic acids is 1. The summed E-state index contributed by atoms with van der Waals surface area (Å²) in [5, 5.41) is 13.2. The molecule has 1 amide bonds. The zero-order valence-electron chi connectivity index (χ0n) is 11.8. The zero-order valence-corrected chi connectivity index (χ0v) is 11.8. The Bertz CT molecular complexity index is 653. The minimum atomic E-state index is -0.238. The van der Waals surface area contributed by atoms with Crippen LogP contribution in [0.15, 0.2) is 36.7 Å². The first-order valence-electron chi connectivity index (χ1n) is 7.26. The van der Waals surface area contributed by atoms with E-state index in [0.29, 0.717) is 12.1 Å². The molecule has 0 saturated heterocycles. The lowest BCUT2D eigenvalue weighted by Gasteiger charge is -2.18. The molecule has 3 rings (SSSR count). The number of fused-ring (bicyclic) bond motifs is 1. The number of aromatic nitrogens is 1. The number of benzene rings is 1. The molecule has 4 nitrogen and oxygen atoms in total. The van der Waals surface area contributed by atoms with Crippen LogP contribution in [0.2, 0.25) is 0 Å². The van der Waals surface area contributed by atoms with Crippen molar-refractivity contribution in [2.45, 2.75) is 32.2 Å².